The molecule has 5 heteroatoms. The number of nitrogens with one attached hydrogen (secondary N) is 1. The van der Waals surface area contributed by atoms with Crippen LogP contribution in [0.4, 0.5) is 5.69 Å². The van der Waals surface area contributed by atoms with Crippen molar-refractivity contribution >= 4 is 5.69 Å². The second kappa shape index (κ2) is 6.56. The fourth-order valence-electron chi connectivity index (χ4n) is 2.04. The van der Waals surface area contributed by atoms with Gasteiger partial charge in [0.25, 0.3) is 0 Å². The Bertz CT molecular complexity index is 347. The zero-order valence-corrected chi connectivity index (χ0v) is 11.2. The van der Waals surface area contributed by atoms with Crippen LogP contribution in [0.2, 0.25) is 0 Å². The average molecular weight is 250 g/mol. The third-order valence-corrected chi connectivity index (χ3v) is 3.30. The second-order valence-electron chi connectivity index (χ2n) is 4.66. The minimum absolute atomic E-state index is 0.652. The fraction of sp³-hybridized carbons (Fsp3) is 0.615. The summed E-state index contributed by atoms with van der Waals surface area (Å²) in [5.74, 6) is 0.652. The van der Waals surface area contributed by atoms with Gasteiger partial charge in [-0.3, -0.25) is 4.90 Å². The van der Waals surface area contributed by atoms with Gasteiger partial charge in [-0.25, -0.2) is 4.98 Å². The van der Waals surface area contributed by atoms with E-state index in [-0.39, 0.29) is 0 Å². The molecule has 0 atom stereocenters. The van der Waals surface area contributed by atoms with Crippen LogP contribution in [0.15, 0.2) is 18.3 Å². The first-order valence-electron chi connectivity index (χ1n) is 6.43. The van der Waals surface area contributed by atoms with Crippen molar-refractivity contribution in [2.75, 3.05) is 58.7 Å². The van der Waals surface area contributed by atoms with Gasteiger partial charge in [0.2, 0.25) is 5.88 Å². The highest BCUT2D eigenvalue weighted by atomic mass is 16.5. The van der Waals surface area contributed by atoms with Crippen LogP contribution in [-0.4, -0.2) is 68.2 Å². The highest BCUT2D eigenvalue weighted by Crippen LogP contribution is 2.10. The van der Waals surface area contributed by atoms with Crippen molar-refractivity contribution < 1.29 is 4.74 Å². The molecule has 100 valence electrons. The summed E-state index contributed by atoms with van der Waals surface area (Å²) in [6, 6.07) is 3.87. The number of piperazine rings is 1. The number of rotatable bonds is 5. The van der Waals surface area contributed by atoms with Crippen molar-refractivity contribution in [2.45, 2.75) is 0 Å². The molecule has 0 spiro atoms. The zero-order chi connectivity index (χ0) is 12.8. The van der Waals surface area contributed by atoms with Crippen LogP contribution in [0, 0.1) is 0 Å². The van der Waals surface area contributed by atoms with Crippen LogP contribution in [0.3, 0.4) is 0 Å². The van der Waals surface area contributed by atoms with E-state index in [1.54, 1.807) is 7.11 Å². The average Bonchev–Trinajstić information content (AvgIpc) is 2.42. The van der Waals surface area contributed by atoms with Crippen molar-refractivity contribution in [2.24, 2.45) is 0 Å². The van der Waals surface area contributed by atoms with E-state index in [0.29, 0.717) is 5.88 Å². The van der Waals surface area contributed by atoms with Gasteiger partial charge < -0.3 is 15.0 Å². The lowest BCUT2D eigenvalue weighted by Crippen LogP contribution is -2.45. The van der Waals surface area contributed by atoms with Crippen LogP contribution in [0.5, 0.6) is 5.88 Å². The Balaban J connectivity index is 1.68. The predicted octanol–water partition coefficient (Wildman–Crippen LogP) is 0.749. The van der Waals surface area contributed by atoms with Gasteiger partial charge in [0.15, 0.2) is 0 Å². The number of pyridine rings is 1. The number of ether oxygens (including phenoxy) is 1. The lowest BCUT2D eigenvalue weighted by Gasteiger charge is -2.32. The molecule has 1 aromatic rings. The Morgan fingerprint density at radius 1 is 1.28 bits per heavy atom. The molecule has 0 amide bonds. The van der Waals surface area contributed by atoms with E-state index in [9.17, 15) is 0 Å². The molecule has 0 saturated carbocycles. The monoisotopic (exact) mass is 250 g/mol. The number of anilines is 1. The lowest BCUT2D eigenvalue weighted by atomic mass is 10.3. The Morgan fingerprint density at radius 2 is 2.06 bits per heavy atom. The molecule has 1 aliphatic heterocycles. The molecule has 0 unspecified atom stereocenters. The van der Waals surface area contributed by atoms with Gasteiger partial charge in [-0.05, 0) is 13.1 Å². The smallest absolute Gasteiger partial charge is 0.213 e. The number of likely N-dealkylation sites (N-methyl/N-ethyl adjacent to an activating group) is 1. The summed E-state index contributed by atoms with van der Waals surface area (Å²) in [6.45, 7) is 6.71. The van der Waals surface area contributed by atoms with Gasteiger partial charge in [-0.1, -0.05) is 0 Å². The summed E-state index contributed by atoms with van der Waals surface area (Å²) in [6.07, 6.45) is 1.81. The van der Waals surface area contributed by atoms with Gasteiger partial charge in [0.1, 0.15) is 0 Å². The molecule has 0 bridgehead atoms. The van der Waals surface area contributed by atoms with E-state index in [1.165, 1.54) is 26.2 Å². The molecule has 1 fully saturated rings. The van der Waals surface area contributed by atoms with Crippen molar-refractivity contribution in [3.05, 3.63) is 18.3 Å². The van der Waals surface area contributed by atoms with E-state index in [0.717, 1.165) is 18.8 Å². The lowest BCUT2D eigenvalue weighted by molar-refractivity contribution is 0.158. The Hall–Kier alpha value is -1.33. The summed E-state index contributed by atoms with van der Waals surface area (Å²) in [4.78, 5) is 9.03. The molecule has 1 N–H and O–H groups in total. The number of aromatic nitrogens is 1. The molecule has 2 heterocycles. The SMILES string of the molecule is COc1ccc(NCCN2CCN(C)CC2)cn1. The Kier molecular flexibility index (Phi) is 4.78. The summed E-state index contributed by atoms with van der Waals surface area (Å²) in [5.41, 5.74) is 1.05. The van der Waals surface area contributed by atoms with Crippen molar-refractivity contribution in [1.82, 2.24) is 14.8 Å². The number of nitrogens with zero attached hydrogens (tertiary/aromatic N) is 3. The maximum absolute atomic E-state index is 5.03. The first-order chi connectivity index (χ1) is 8.78. The predicted molar refractivity (Wildman–Crippen MR) is 73.2 cm³/mol. The van der Waals surface area contributed by atoms with Crippen LogP contribution < -0.4 is 10.1 Å². The van der Waals surface area contributed by atoms with Crippen molar-refractivity contribution in [3.63, 3.8) is 0 Å². The Labute approximate surface area is 109 Å². The van der Waals surface area contributed by atoms with Crippen LogP contribution in [0.25, 0.3) is 0 Å². The molecule has 0 radical (unpaired) electrons. The molecule has 1 aliphatic rings. The third-order valence-electron chi connectivity index (χ3n) is 3.30. The van der Waals surface area contributed by atoms with Gasteiger partial charge in [-0.2, -0.15) is 0 Å². The van der Waals surface area contributed by atoms with Crippen molar-refractivity contribution in [1.29, 1.82) is 0 Å². The van der Waals surface area contributed by atoms with Crippen LogP contribution in [0.1, 0.15) is 0 Å². The van der Waals surface area contributed by atoms with E-state index in [2.05, 4.69) is 27.1 Å². The molecule has 1 aromatic heterocycles. The molecule has 2 rings (SSSR count). The minimum Gasteiger partial charge on any atom is -0.481 e. The summed E-state index contributed by atoms with van der Waals surface area (Å²) in [5, 5.41) is 3.38. The molecular formula is C13H22N4O. The summed E-state index contributed by atoms with van der Waals surface area (Å²) in [7, 11) is 3.81. The van der Waals surface area contributed by atoms with Crippen LogP contribution >= 0.6 is 0 Å². The van der Waals surface area contributed by atoms with Gasteiger partial charge in [0, 0.05) is 45.3 Å². The van der Waals surface area contributed by atoms with Gasteiger partial charge in [-0.15, -0.1) is 0 Å². The molecule has 5 nitrogen and oxygen atoms in total. The topological polar surface area (TPSA) is 40.6 Å². The van der Waals surface area contributed by atoms with Gasteiger partial charge in [0.05, 0.1) is 19.0 Å². The number of hydrogen-bond acceptors (Lipinski definition) is 5. The Morgan fingerprint density at radius 3 is 2.67 bits per heavy atom. The third kappa shape index (κ3) is 3.85. The van der Waals surface area contributed by atoms with E-state index in [4.69, 9.17) is 4.74 Å². The zero-order valence-electron chi connectivity index (χ0n) is 11.2. The van der Waals surface area contributed by atoms with E-state index in [1.807, 2.05) is 18.3 Å². The molecule has 0 aliphatic carbocycles. The molecule has 18 heavy (non-hydrogen) atoms. The standard InChI is InChI=1S/C13H22N4O/c1-16-7-9-17(10-8-16)6-5-14-12-3-4-13(18-2)15-11-12/h3-4,11,14H,5-10H2,1-2H3. The highest BCUT2D eigenvalue weighted by molar-refractivity contribution is 5.41. The van der Waals surface area contributed by atoms with Gasteiger partial charge >= 0.3 is 0 Å². The normalized spacial score (nSPS) is 17.7. The second-order valence-corrected chi connectivity index (χ2v) is 4.66. The van der Waals surface area contributed by atoms with Crippen LogP contribution in [-0.2, 0) is 0 Å². The first-order valence-corrected chi connectivity index (χ1v) is 6.43. The molecule has 0 aromatic carbocycles. The largest absolute Gasteiger partial charge is 0.481 e. The molecule has 1 saturated heterocycles. The maximum atomic E-state index is 5.03. The van der Waals surface area contributed by atoms with Crippen molar-refractivity contribution in [3.8, 4) is 5.88 Å². The number of hydrogen-bond donors (Lipinski definition) is 1. The number of methoxy groups -OCH3 is 1. The van der Waals surface area contributed by atoms with E-state index < -0.39 is 0 Å². The maximum Gasteiger partial charge on any atom is 0.213 e. The molecular weight excluding hydrogens is 228 g/mol. The highest BCUT2D eigenvalue weighted by Gasteiger charge is 2.12. The van der Waals surface area contributed by atoms with E-state index >= 15 is 0 Å². The quantitative estimate of drug-likeness (QED) is 0.835. The first kappa shape index (κ1) is 13.1. The minimum atomic E-state index is 0.652. The fourth-order valence-corrected chi connectivity index (χ4v) is 2.04. The summed E-state index contributed by atoms with van der Waals surface area (Å²) >= 11 is 0. The summed E-state index contributed by atoms with van der Waals surface area (Å²) < 4.78 is 5.03.